The minimum atomic E-state index is 0.248. The van der Waals surface area contributed by atoms with Crippen LogP contribution in [0, 0.1) is 0 Å². The number of aromatic amines is 1. The van der Waals surface area contributed by atoms with Crippen LogP contribution < -0.4 is 0 Å². The van der Waals surface area contributed by atoms with Crippen molar-refractivity contribution in [2.45, 2.75) is 0 Å². The molecule has 3 rings (SSSR count). The second-order valence-corrected chi connectivity index (χ2v) is 4.43. The molecule has 2 aromatic carbocycles. The van der Waals surface area contributed by atoms with Crippen LogP contribution in [0.2, 0.25) is 0 Å². The smallest absolute Gasteiger partial charge is 0.229 e. The van der Waals surface area contributed by atoms with Gasteiger partial charge in [0, 0.05) is 11.1 Å². The number of hydrogen-bond donors (Lipinski definition) is 2. The lowest BCUT2D eigenvalue weighted by Gasteiger charge is -2.04. The Kier molecular flexibility index (Phi) is 4.45. The first-order valence-electron chi connectivity index (χ1n) is 5.35. The Bertz CT molecular complexity index is 673. The second kappa shape index (κ2) is 6.27. The number of benzene rings is 2. The zero-order chi connectivity index (χ0) is 13.7. The topological polar surface area (TPSA) is 71.0 Å². The first kappa shape index (κ1) is 13.5. The Morgan fingerprint density at radius 3 is 2.37 bits per heavy atom. The molecule has 0 aliphatic carbocycles. The molecule has 0 saturated heterocycles. The van der Waals surface area contributed by atoms with Crippen molar-refractivity contribution in [3.05, 3.63) is 42.5 Å². The molecule has 0 unspecified atom stereocenters. The summed E-state index contributed by atoms with van der Waals surface area (Å²) in [5.41, 5.74) is 3.20. The van der Waals surface area contributed by atoms with E-state index in [1.54, 1.807) is 12.1 Å². The summed E-state index contributed by atoms with van der Waals surface area (Å²) >= 11 is 0. The average molecular weight is 283 g/mol. The van der Waals surface area contributed by atoms with Gasteiger partial charge in [-0.25, -0.2) is 0 Å². The van der Waals surface area contributed by atoms with Crippen LogP contribution in [0.3, 0.4) is 0 Å². The average Bonchev–Trinajstić information content (AvgIpc) is 2.88. The fraction of sp³-hybridized carbons (Fsp3) is 0. The van der Waals surface area contributed by atoms with Crippen LogP contribution in [0.15, 0.2) is 42.5 Å². The molecule has 0 spiro atoms. The summed E-state index contributed by atoms with van der Waals surface area (Å²) in [7, 11) is 5.19. The Morgan fingerprint density at radius 2 is 1.63 bits per heavy atom. The number of phenolic OH excluding ortho intramolecular Hbond substituents is 1. The van der Waals surface area contributed by atoms with Gasteiger partial charge in [-0.3, -0.25) is 0 Å². The van der Waals surface area contributed by atoms with Crippen molar-refractivity contribution in [2.24, 2.45) is 0 Å². The highest BCUT2D eigenvalue weighted by Gasteiger charge is 2.09. The Labute approximate surface area is 116 Å². The summed E-state index contributed by atoms with van der Waals surface area (Å²) in [6.07, 6.45) is 0. The molecule has 7 heteroatoms. The minimum absolute atomic E-state index is 0.248. The van der Waals surface area contributed by atoms with Gasteiger partial charge in [-0.05, 0) is 12.1 Å². The molecule has 0 amide bonds. The van der Waals surface area contributed by atoms with Crippen molar-refractivity contribution in [3.63, 3.8) is 0 Å². The molecule has 1 aromatic heterocycles. The summed E-state index contributed by atoms with van der Waals surface area (Å²) in [5, 5.41) is 20.5. The molecule has 0 aliphatic rings. The van der Waals surface area contributed by atoms with Gasteiger partial charge in [0.1, 0.15) is 16.8 Å². The molecule has 19 heavy (non-hydrogen) atoms. The van der Waals surface area contributed by atoms with Crippen molar-refractivity contribution in [1.82, 2.24) is 15.4 Å². The maximum absolute atomic E-state index is 9.80. The summed E-state index contributed by atoms with van der Waals surface area (Å²) in [6.45, 7) is 0. The van der Waals surface area contributed by atoms with Crippen molar-refractivity contribution >= 4 is 32.0 Å². The van der Waals surface area contributed by atoms with E-state index in [-0.39, 0.29) is 5.75 Å². The fourth-order valence-electron chi connectivity index (χ4n) is 1.79. The number of nitrogens with one attached hydrogen (secondary N) is 1. The number of para-hydroxylation sites is 2. The molecule has 3 aromatic rings. The van der Waals surface area contributed by atoms with Gasteiger partial charge < -0.3 is 9.22 Å². The summed E-state index contributed by atoms with van der Waals surface area (Å²) in [4.78, 5) is 0. The molecule has 92 valence electrons. The number of fused-ring (bicyclic) bond motifs is 1. The molecule has 6 radical (unpaired) electrons. The summed E-state index contributed by atoms with van der Waals surface area (Å²) in [5.74, 6) is 0.248. The molecular weight excluding hydrogens is 274 g/mol. The van der Waals surface area contributed by atoms with Crippen LogP contribution in [-0.2, 0) is 4.12 Å². The van der Waals surface area contributed by atoms with Crippen molar-refractivity contribution in [3.8, 4) is 16.9 Å². The number of rotatable bonds is 1. The quantitative estimate of drug-likeness (QED) is 0.664. The van der Waals surface area contributed by atoms with Crippen molar-refractivity contribution in [1.29, 1.82) is 0 Å². The molecule has 0 saturated carbocycles. The lowest BCUT2D eigenvalue weighted by atomic mass is 10.0. The number of nitrogens with zero attached hydrogens (tertiary/aromatic N) is 2. The maximum Gasteiger partial charge on any atom is 0.229 e. The lowest BCUT2D eigenvalue weighted by Crippen LogP contribution is -1.81. The largest absolute Gasteiger partial charge is 0.507 e. The van der Waals surface area contributed by atoms with E-state index >= 15 is 0 Å². The van der Waals surface area contributed by atoms with E-state index in [0.717, 1.165) is 22.2 Å². The van der Waals surface area contributed by atoms with Crippen LogP contribution in [0.5, 0.6) is 5.75 Å². The van der Waals surface area contributed by atoms with E-state index < -0.39 is 0 Å². The molecule has 0 fully saturated rings. The highest BCUT2D eigenvalue weighted by atomic mass is 28.3. The van der Waals surface area contributed by atoms with Gasteiger partial charge in [-0.15, -0.1) is 0 Å². The number of hydrogen-bond acceptors (Lipinski definition) is 4. The van der Waals surface area contributed by atoms with Crippen LogP contribution in [0.4, 0.5) is 0 Å². The summed E-state index contributed by atoms with van der Waals surface area (Å²) in [6, 6.07) is 12.9. The predicted molar refractivity (Wildman–Crippen MR) is 73.6 cm³/mol. The Hall–Kier alpha value is -1.97. The highest BCUT2D eigenvalue weighted by Crippen LogP contribution is 2.32. The van der Waals surface area contributed by atoms with Gasteiger partial charge in [-0.2, -0.15) is 15.4 Å². The van der Waals surface area contributed by atoms with E-state index in [1.807, 2.05) is 30.3 Å². The third kappa shape index (κ3) is 2.89. The monoisotopic (exact) mass is 283 g/mol. The number of H-pyrrole nitrogens is 1. The zero-order valence-electron chi connectivity index (χ0n) is 9.79. The van der Waals surface area contributed by atoms with E-state index in [4.69, 9.17) is 0 Å². The zero-order valence-corrected chi connectivity index (χ0v) is 11.8. The summed E-state index contributed by atoms with van der Waals surface area (Å²) < 4.78 is 3.86. The van der Waals surface area contributed by atoms with Gasteiger partial charge in [0.2, 0.25) is 21.0 Å². The SMILES string of the molecule is Oc1ccccc1-c1cccc2n[nH]nc12.[Si]O[Si]. The molecule has 5 nitrogen and oxygen atoms in total. The first-order valence-corrected chi connectivity index (χ1v) is 6.16. The second-order valence-electron chi connectivity index (χ2n) is 3.62. The third-order valence-corrected chi connectivity index (χ3v) is 2.54. The Morgan fingerprint density at radius 1 is 0.947 bits per heavy atom. The minimum Gasteiger partial charge on any atom is -0.507 e. The lowest BCUT2D eigenvalue weighted by molar-refractivity contribution is 0.477. The molecule has 0 bridgehead atoms. The number of phenols is 1. The predicted octanol–water partition coefficient (Wildman–Crippen LogP) is 1.50. The maximum atomic E-state index is 9.80. The van der Waals surface area contributed by atoms with Gasteiger partial charge >= 0.3 is 0 Å². The van der Waals surface area contributed by atoms with Crippen LogP contribution in [-0.4, -0.2) is 41.5 Å². The van der Waals surface area contributed by atoms with E-state index in [0.29, 0.717) is 0 Å². The molecule has 0 atom stereocenters. The van der Waals surface area contributed by atoms with Gasteiger partial charge in [-0.1, -0.05) is 30.3 Å². The highest BCUT2D eigenvalue weighted by molar-refractivity contribution is 6.15. The first-order chi connectivity index (χ1) is 9.27. The molecule has 1 heterocycles. The van der Waals surface area contributed by atoms with Crippen molar-refractivity contribution in [2.75, 3.05) is 0 Å². The fourth-order valence-corrected chi connectivity index (χ4v) is 1.79. The van der Waals surface area contributed by atoms with Crippen molar-refractivity contribution < 1.29 is 9.22 Å². The number of aromatic hydroxyl groups is 1. The molecule has 0 aliphatic heterocycles. The standard InChI is InChI=1S/C12H9N3O.OSi2/c16-11-7-2-1-4-8(11)9-5-3-6-10-12(9)14-15-13-10;2-1-3/h1-7,16H,(H,13,14,15);. The third-order valence-electron chi connectivity index (χ3n) is 2.54. The normalized spacial score (nSPS) is 10.0. The number of aromatic nitrogens is 3. The molecular formula is C12H9N3O2Si2. The molecule has 2 N–H and O–H groups in total. The van der Waals surface area contributed by atoms with E-state index in [2.05, 4.69) is 40.5 Å². The van der Waals surface area contributed by atoms with E-state index in [9.17, 15) is 5.11 Å². The van der Waals surface area contributed by atoms with Crippen LogP contribution >= 0.6 is 0 Å². The van der Waals surface area contributed by atoms with Gasteiger partial charge in [0.15, 0.2) is 0 Å². The van der Waals surface area contributed by atoms with Gasteiger partial charge in [0.25, 0.3) is 0 Å². The Balaban J connectivity index is 0.000000408. The van der Waals surface area contributed by atoms with E-state index in [1.165, 1.54) is 0 Å². The van der Waals surface area contributed by atoms with Crippen LogP contribution in [0.25, 0.3) is 22.2 Å². The van der Waals surface area contributed by atoms with Gasteiger partial charge in [0.05, 0.1) is 0 Å². The van der Waals surface area contributed by atoms with Crippen LogP contribution in [0.1, 0.15) is 0 Å².